The lowest BCUT2D eigenvalue weighted by Crippen LogP contribution is -2.42. The lowest BCUT2D eigenvalue weighted by atomic mass is 10.1. The summed E-state index contributed by atoms with van der Waals surface area (Å²) in [7, 11) is 0. The highest BCUT2D eigenvalue weighted by Crippen LogP contribution is 2.30. The predicted molar refractivity (Wildman–Crippen MR) is 94.8 cm³/mol. The normalized spacial score (nSPS) is 19.1. The van der Waals surface area contributed by atoms with Crippen LogP contribution in [0.1, 0.15) is 38.8 Å². The van der Waals surface area contributed by atoms with E-state index in [0.717, 1.165) is 19.6 Å². The van der Waals surface area contributed by atoms with Crippen molar-refractivity contribution in [2.45, 2.75) is 45.5 Å². The lowest BCUT2D eigenvalue weighted by molar-refractivity contribution is 0.251. The molecule has 0 aliphatic carbocycles. The van der Waals surface area contributed by atoms with Gasteiger partial charge >= 0.3 is 0 Å². The van der Waals surface area contributed by atoms with E-state index >= 15 is 0 Å². The second-order valence-electron chi connectivity index (χ2n) is 7.11. The molecule has 1 saturated heterocycles. The van der Waals surface area contributed by atoms with E-state index in [2.05, 4.69) is 73.9 Å². The van der Waals surface area contributed by atoms with Gasteiger partial charge in [-0.3, -0.25) is 4.90 Å². The topological polar surface area (TPSA) is 15.3 Å². The van der Waals surface area contributed by atoms with E-state index in [1.807, 2.05) is 0 Å². The fourth-order valence-corrected chi connectivity index (χ4v) is 4.05. The Hall–Kier alpha value is -0.510. The molecule has 0 amide bonds. The second kappa shape index (κ2) is 7.66. The number of nitrogens with one attached hydrogen (secondary N) is 1. The molecule has 1 aliphatic heterocycles. The van der Waals surface area contributed by atoms with Crippen molar-refractivity contribution >= 4 is 11.8 Å². The molecule has 0 aromatic heterocycles. The van der Waals surface area contributed by atoms with Crippen molar-refractivity contribution in [3.05, 3.63) is 35.4 Å². The van der Waals surface area contributed by atoms with Crippen LogP contribution in [0.3, 0.4) is 0 Å². The van der Waals surface area contributed by atoms with E-state index < -0.39 is 0 Å². The molecule has 1 fully saturated rings. The molecular formula is C18H30N2S. The van der Waals surface area contributed by atoms with Crippen molar-refractivity contribution < 1.29 is 0 Å². The van der Waals surface area contributed by atoms with Crippen molar-refractivity contribution in [3.63, 3.8) is 0 Å². The summed E-state index contributed by atoms with van der Waals surface area (Å²) < 4.78 is 0.392. The van der Waals surface area contributed by atoms with Gasteiger partial charge in [0.05, 0.1) is 0 Å². The highest BCUT2D eigenvalue weighted by Gasteiger charge is 2.27. The van der Waals surface area contributed by atoms with Gasteiger partial charge in [-0.15, -0.1) is 0 Å². The molecule has 118 valence electrons. The van der Waals surface area contributed by atoms with Crippen LogP contribution in [0, 0.1) is 5.92 Å². The monoisotopic (exact) mass is 306 g/mol. The van der Waals surface area contributed by atoms with Gasteiger partial charge in [-0.1, -0.05) is 38.1 Å². The number of thioether (sulfide) groups is 1. The number of hydrogen-bond donors (Lipinski definition) is 1. The zero-order valence-corrected chi connectivity index (χ0v) is 14.8. The smallest absolute Gasteiger partial charge is 0.0237 e. The van der Waals surface area contributed by atoms with Crippen LogP contribution in [-0.4, -0.2) is 35.0 Å². The minimum Gasteiger partial charge on any atom is -0.312 e. The van der Waals surface area contributed by atoms with Crippen LogP contribution in [0.25, 0.3) is 0 Å². The Bertz CT molecular complexity index is 443. The third-order valence-electron chi connectivity index (χ3n) is 3.89. The summed E-state index contributed by atoms with van der Waals surface area (Å²) in [4.78, 5) is 2.61. The van der Waals surface area contributed by atoms with Crippen molar-refractivity contribution in [3.8, 4) is 0 Å². The minimum atomic E-state index is 0.392. The summed E-state index contributed by atoms with van der Waals surface area (Å²) in [5, 5.41) is 3.57. The summed E-state index contributed by atoms with van der Waals surface area (Å²) >= 11 is 2.10. The quantitative estimate of drug-likeness (QED) is 0.861. The van der Waals surface area contributed by atoms with Crippen LogP contribution in [0.15, 0.2) is 24.3 Å². The maximum absolute atomic E-state index is 3.57. The van der Waals surface area contributed by atoms with Gasteiger partial charge in [0.2, 0.25) is 0 Å². The molecule has 1 aromatic carbocycles. The van der Waals surface area contributed by atoms with Crippen LogP contribution >= 0.6 is 11.8 Å². The largest absolute Gasteiger partial charge is 0.312 e. The molecule has 1 N–H and O–H groups in total. The Balaban J connectivity index is 1.96. The predicted octanol–water partition coefficient (Wildman–Crippen LogP) is 3.76. The molecule has 0 atom stereocenters. The zero-order chi connectivity index (χ0) is 15.3. The number of hydrogen-bond acceptors (Lipinski definition) is 3. The van der Waals surface area contributed by atoms with Crippen LogP contribution in [-0.2, 0) is 13.1 Å². The van der Waals surface area contributed by atoms with E-state index in [9.17, 15) is 0 Å². The van der Waals surface area contributed by atoms with Gasteiger partial charge in [-0.2, -0.15) is 11.8 Å². The van der Waals surface area contributed by atoms with E-state index in [0.29, 0.717) is 10.7 Å². The van der Waals surface area contributed by atoms with Gasteiger partial charge in [-0.25, -0.2) is 0 Å². The molecule has 0 spiro atoms. The number of benzene rings is 1. The fraction of sp³-hybridized carbons (Fsp3) is 0.667. The summed E-state index contributed by atoms with van der Waals surface area (Å²) in [6.45, 7) is 14.8. The van der Waals surface area contributed by atoms with E-state index in [-0.39, 0.29) is 0 Å². The van der Waals surface area contributed by atoms with E-state index in [1.54, 1.807) is 0 Å². The average Bonchev–Trinajstić information content (AvgIpc) is 2.39. The lowest BCUT2D eigenvalue weighted by Gasteiger charge is -2.37. The molecule has 1 aromatic rings. The third-order valence-corrected chi connectivity index (χ3v) is 5.18. The van der Waals surface area contributed by atoms with Crippen LogP contribution < -0.4 is 5.32 Å². The summed E-state index contributed by atoms with van der Waals surface area (Å²) in [5.41, 5.74) is 2.94. The van der Waals surface area contributed by atoms with Gasteiger partial charge in [0.1, 0.15) is 0 Å². The first-order valence-electron chi connectivity index (χ1n) is 8.10. The molecule has 0 radical (unpaired) electrons. The third kappa shape index (κ3) is 5.65. The number of nitrogens with zero attached hydrogens (tertiary/aromatic N) is 1. The molecular weight excluding hydrogens is 276 g/mol. The molecule has 0 saturated carbocycles. The van der Waals surface area contributed by atoms with Gasteiger partial charge < -0.3 is 5.32 Å². The molecule has 3 heteroatoms. The van der Waals surface area contributed by atoms with Gasteiger partial charge in [-0.05, 0) is 37.4 Å². The Kier molecular flexibility index (Phi) is 6.15. The Morgan fingerprint density at radius 2 is 1.95 bits per heavy atom. The Labute approximate surface area is 134 Å². The van der Waals surface area contributed by atoms with E-state index in [1.165, 1.54) is 30.0 Å². The SMILES string of the molecule is CC(C)CNCc1ccccc1CN1CCSC(C)(C)C1. The summed E-state index contributed by atoms with van der Waals surface area (Å²) in [6, 6.07) is 8.89. The standard InChI is InChI=1S/C18H30N2S/c1-15(2)11-19-12-16-7-5-6-8-17(16)13-20-9-10-21-18(3,4)14-20/h5-8,15,19H,9-14H2,1-4H3. The van der Waals surface area contributed by atoms with Gasteiger partial charge in [0.25, 0.3) is 0 Å². The maximum atomic E-state index is 3.57. The fourth-order valence-electron chi connectivity index (χ4n) is 2.87. The first-order chi connectivity index (χ1) is 9.96. The van der Waals surface area contributed by atoms with Crippen molar-refractivity contribution in [2.75, 3.05) is 25.4 Å². The molecule has 2 nitrogen and oxygen atoms in total. The molecule has 2 rings (SSSR count). The molecule has 21 heavy (non-hydrogen) atoms. The second-order valence-corrected chi connectivity index (χ2v) is 8.91. The maximum Gasteiger partial charge on any atom is 0.0237 e. The molecule has 1 aliphatic rings. The first kappa shape index (κ1) is 16.9. The molecule has 0 bridgehead atoms. The van der Waals surface area contributed by atoms with Gasteiger partial charge in [0, 0.05) is 36.7 Å². The van der Waals surface area contributed by atoms with Crippen LogP contribution in [0.2, 0.25) is 0 Å². The average molecular weight is 307 g/mol. The highest BCUT2D eigenvalue weighted by molar-refractivity contribution is 8.00. The van der Waals surface area contributed by atoms with Crippen molar-refractivity contribution in [1.82, 2.24) is 10.2 Å². The Morgan fingerprint density at radius 1 is 1.24 bits per heavy atom. The first-order valence-corrected chi connectivity index (χ1v) is 9.09. The minimum absolute atomic E-state index is 0.392. The molecule has 1 heterocycles. The highest BCUT2D eigenvalue weighted by atomic mass is 32.2. The van der Waals surface area contributed by atoms with Gasteiger partial charge in [0.15, 0.2) is 0 Å². The van der Waals surface area contributed by atoms with Crippen LogP contribution in [0.4, 0.5) is 0 Å². The Morgan fingerprint density at radius 3 is 2.62 bits per heavy atom. The van der Waals surface area contributed by atoms with Crippen molar-refractivity contribution in [1.29, 1.82) is 0 Å². The zero-order valence-electron chi connectivity index (χ0n) is 14.0. The number of rotatable bonds is 6. The van der Waals surface area contributed by atoms with E-state index in [4.69, 9.17) is 0 Å². The van der Waals surface area contributed by atoms with Crippen LogP contribution in [0.5, 0.6) is 0 Å². The molecule has 0 unspecified atom stereocenters. The van der Waals surface area contributed by atoms with Crippen molar-refractivity contribution in [2.24, 2.45) is 5.92 Å². The summed E-state index contributed by atoms with van der Waals surface area (Å²) in [6.07, 6.45) is 0. The summed E-state index contributed by atoms with van der Waals surface area (Å²) in [5.74, 6) is 1.96.